The third kappa shape index (κ3) is 2.01. The van der Waals surface area contributed by atoms with Crippen molar-refractivity contribution in [1.29, 1.82) is 0 Å². The third-order valence-electron chi connectivity index (χ3n) is 3.07. The number of carbonyl (C=O) groups is 1. The molecule has 0 fully saturated rings. The lowest BCUT2D eigenvalue weighted by Crippen LogP contribution is -2.12. The van der Waals surface area contributed by atoms with Crippen LogP contribution < -0.4 is 9.47 Å². The summed E-state index contributed by atoms with van der Waals surface area (Å²) < 4.78 is 10.8. The summed E-state index contributed by atoms with van der Waals surface area (Å²) >= 11 is 6.20. The molecule has 0 bridgehead atoms. The molecule has 1 aromatic rings. The van der Waals surface area contributed by atoms with Crippen LogP contribution in [0.5, 0.6) is 11.5 Å². The van der Waals surface area contributed by atoms with Crippen molar-refractivity contribution in [3.63, 3.8) is 0 Å². The van der Waals surface area contributed by atoms with Crippen LogP contribution in [-0.4, -0.2) is 17.9 Å². The Balaban J connectivity index is 2.68. The summed E-state index contributed by atoms with van der Waals surface area (Å²) in [6.07, 6.45) is 0. The molecule has 0 radical (unpaired) electrons. The molecule has 1 aliphatic rings. The molecule has 0 saturated carbocycles. The van der Waals surface area contributed by atoms with Crippen LogP contribution >= 0.6 is 11.6 Å². The van der Waals surface area contributed by atoms with Crippen molar-refractivity contribution < 1.29 is 19.4 Å². The molecule has 0 aliphatic carbocycles. The van der Waals surface area contributed by atoms with Gasteiger partial charge in [-0.05, 0) is 18.4 Å². The van der Waals surface area contributed by atoms with Crippen LogP contribution in [0.1, 0.15) is 43.7 Å². The first kappa shape index (κ1) is 13.0. The zero-order valence-corrected chi connectivity index (χ0v) is 11.2. The van der Waals surface area contributed by atoms with Crippen LogP contribution in [0, 0.1) is 0 Å². The van der Waals surface area contributed by atoms with Gasteiger partial charge in [-0.3, -0.25) is 4.79 Å². The highest BCUT2D eigenvalue weighted by Crippen LogP contribution is 2.46. The Labute approximate surface area is 110 Å². The Morgan fingerprint density at radius 2 is 2.00 bits per heavy atom. The molecule has 18 heavy (non-hydrogen) atoms. The number of aliphatic carboxylic acids is 1. The van der Waals surface area contributed by atoms with Gasteiger partial charge in [0, 0.05) is 16.7 Å². The van der Waals surface area contributed by atoms with Crippen molar-refractivity contribution in [3.8, 4) is 11.5 Å². The van der Waals surface area contributed by atoms with Gasteiger partial charge in [-0.15, -0.1) is 0 Å². The summed E-state index contributed by atoms with van der Waals surface area (Å²) in [6.45, 7) is 5.73. The minimum absolute atomic E-state index is 0.107. The molecule has 0 spiro atoms. The van der Waals surface area contributed by atoms with Crippen LogP contribution in [-0.2, 0) is 4.79 Å². The van der Waals surface area contributed by atoms with Crippen molar-refractivity contribution in [2.45, 2.75) is 32.6 Å². The average Bonchev–Trinajstić information content (AvgIpc) is 2.73. The van der Waals surface area contributed by atoms with Crippen molar-refractivity contribution in [2.24, 2.45) is 0 Å². The fourth-order valence-corrected chi connectivity index (χ4v) is 2.55. The Bertz CT molecular complexity index is 496. The Kier molecular flexibility index (Phi) is 3.39. The molecule has 1 aromatic carbocycles. The van der Waals surface area contributed by atoms with Gasteiger partial charge in [0.15, 0.2) is 11.5 Å². The molecular formula is C13H15ClO4. The lowest BCUT2D eigenvalue weighted by molar-refractivity contribution is -0.138. The third-order valence-corrected chi connectivity index (χ3v) is 3.38. The van der Waals surface area contributed by atoms with Crippen LogP contribution in [0.2, 0.25) is 5.02 Å². The van der Waals surface area contributed by atoms with Gasteiger partial charge in [-0.1, -0.05) is 25.4 Å². The predicted molar refractivity (Wildman–Crippen MR) is 67.7 cm³/mol. The second-order valence-corrected chi connectivity index (χ2v) is 5.04. The summed E-state index contributed by atoms with van der Waals surface area (Å²) in [7, 11) is 0. The standard InChI is InChI=1S/C13H15ClO4/c1-6(2)10-11(7(3)13(15)16)8(14)4-9-12(10)18-5-17-9/h4,6-7H,5H2,1-3H3,(H,15,16). The van der Waals surface area contributed by atoms with E-state index in [1.54, 1.807) is 13.0 Å². The predicted octanol–water partition coefficient (Wildman–Crippen LogP) is 3.38. The zero-order valence-electron chi connectivity index (χ0n) is 10.5. The fraction of sp³-hybridized carbons (Fsp3) is 0.462. The molecule has 1 aliphatic heterocycles. The van der Waals surface area contributed by atoms with Crippen LogP contribution in [0.4, 0.5) is 0 Å². The monoisotopic (exact) mass is 270 g/mol. The van der Waals surface area contributed by atoms with Crippen molar-refractivity contribution in [2.75, 3.05) is 6.79 Å². The molecule has 1 unspecified atom stereocenters. The molecule has 0 aromatic heterocycles. The maximum Gasteiger partial charge on any atom is 0.310 e. The van der Waals surface area contributed by atoms with Gasteiger partial charge in [0.1, 0.15) is 0 Å². The number of carboxylic acid groups (broad SMARTS) is 1. The minimum Gasteiger partial charge on any atom is -0.481 e. The van der Waals surface area contributed by atoms with Gasteiger partial charge in [0.25, 0.3) is 0 Å². The van der Waals surface area contributed by atoms with E-state index < -0.39 is 11.9 Å². The molecule has 1 heterocycles. The summed E-state index contributed by atoms with van der Waals surface area (Å²) in [5.41, 5.74) is 1.44. The second kappa shape index (κ2) is 4.69. The number of benzene rings is 1. The topological polar surface area (TPSA) is 55.8 Å². The summed E-state index contributed by atoms with van der Waals surface area (Å²) in [6, 6.07) is 1.63. The van der Waals surface area contributed by atoms with E-state index in [1.165, 1.54) is 0 Å². The van der Waals surface area contributed by atoms with E-state index in [1.807, 2.05) is 13.8 Å². The van der Waals surface area contributed by atoms with Crippen LogP contribution in [0.25, 0.3) is 0 Å². The Morgan fingerprint density at radius 3 is 2.56 bits per heavy atom. The average molecular weight is 271 g/mol. The molecular weight excluding hydrogens is 256 g/mol. The van der Waals surface area contributed by atoms with E-state index in [-0.39, 0.29) is 12.7 Å². The number of hydrogen-bond donors (Lipinski definition) is 1. The normalized spacial score (nSPS) is 14.9. The maximum atomic E-state index is 11.2. The largest absolute Gasteiger partial charge is 0.481 e. The van der Waals surface area contributed by atoms with Gasteiger partial charge < -0.3 is 14.6 Å². The molecule has 0 saturated heterocycles. The number of halogens is 1. The number of fused-ring (bicyclic) bond motifs is 1. The van der Waals surface area contributed by atoms with E-state index in [4.69, 9.17) is 21.1 Å². The minimum atomic E-state index is -0.905. The number of carboxylic acids is 1. The van der Waals surface area contributed by atoms with E-state index >= 15 is 0 Å². The van der Waals surface area contributed by atoms with Crippen LogP contribution in [0.3, 0.4) is 0 Å². The summed E-state index contributed by atoms with van der Waals surface area (Å²) in [4.78, 5) is 11.2. The maximum absolute atomic E-state index is 11.2. The quantitative estimate of drug-likeness (QED) is 0.915. The fourth-order valence-electron chi connectivity index (χ4n) is 2.19. The first-order valence-corrected chi connectivity index (χ1v) is 6.16. The Hall–Kier alpha value is -1.42. The van der Waals surface area contributed by atoms with Gasteiger partial charge in [0.05, 0.1) is 5.92 Å². The van der Waals surface area contributed by atoms with E-state index in [0.29, 0.717) is 22.1 Å². The molecule has 1 atom stereocenters. The highest BCUT2D eigenvalue weighted by Gasteiger charge is 2.30. The summed E-state index contributed by atoms with van der Waals surface area (Å²) in [5.74, 6) is -0.263. The van der Waals surface area contributed by atoms with Crippen molar-refractivity contribution in [3.05, 3.63) is 22.2 Å². The van der Waals surface area contributed by atoms with E-state index in [2.05, 4.69) is 0 Å². The first-order valence-electron chi connectivity index (χ1n) is 5.78. The van der Waals surface area contributed by atoms with Gasteiger partial charge >= 0.3 is 5.97 Å². The van der Waals surface area contributed by atoms with Crippen molar-refractivity contribution in [1.82, 2.24) is 0 Å². The number of rotatable bonds is 3. The number of ether oxygens (including phenoxy) is 2. The smallest absolute Gasteiger partial charge is 0.310 e. The molecule has 0 amide bonds. The van der Waals surface area contributed by atoms with Crippen molar-refractivity contribution >= 4 is 17.6 Å². The molecule has 98 valence electrons. The molecule has 1 N–H and O–H groups in total. The van der Waals surface area contributed by atoms with E-state index in [9.17, 15) is 9.90 Å². The highest BCUT2D eigenvalue weighted by molar-refractivity contribution is 6.32. The van der Waals surface area contributed by atoms with Gasteiger partial charge in [-0.25, -0.2) is 0 Å². The van der Waals surface area contributed by atoms with E-state index in [0.717, 1.165) is 5.56 Å². The van der Waals surface area contributed by atoms with Crippen LogP contribution in [0.15, 0.2) is 6.07 Å². The first-order chi connectivity index (χ1) is 8.43. The zero-order chi connectivity index (χ0) is 13.4. The van der Waals surface area contributed by atoms with Gasteiger partial charge in [0.2, 0.25) is 6.79 Å². The Morgan fingerprint density at radius 1 is 1.33 bits per heavy atom. The molecule has 2 rings (SSSR count). The molecule has 4 nitrogen and oxygen atoms in total. The number of hydrogen-bond acceptors (Lipinski definition) is 3. The second-order valence-electron chi connectivity index (χ2n) is 4.63. The molecule has 5 heteroatoms. The lowest BCUT2D eigenvalue weighted by Gasteiger charge is -2.19. The highest BCUT2D eigenvalue weighted by atomic mass is 35.5. The van der Waals surface area contributed by atoms with Gasteiger partial charge in [-0.2, -0.15) is 0 Å². The SMILES string of the molecule is CC(C)c1c2c(cc(Cl)c1C(C)C(=O)O)OCO2. The summed E-state index contributed by atoms with van der Waals surface area (Å²) in [5, 5.41) is 9.60. The lowest BCUT2D eigenvalue weighted by atomic mass is 9.88.